The van der Waals surface area contributed by atoms with Crippen molar-refractivity contribution in [2.24, 2.45) is 7.05 Å². The molecule has 1 fully saturated rings. The van der Waals surface area contributed by atoms with Gasteiger partial charge in [-0.15, -0.1) is 0 Å². The molecule has 3 aromatic heterocycles. The Labute approximate surface area is 163 Å². The summed E-state index contributed by atoms with van der Waals surface area (Å²) in [6.07, 6.45) is 4.92. The second-order valence-electron chi connectivity index (χ2n) is 8.06. The van der Waals surface area contributed by atoms with Gasteiger partial charge in [-0.05, 0) is 62.1 Å². The van der Waals surface area contributed by atoms with Crippen molar-refractivity contribution >= 4 is 16.6 Å². The van der Waals surface area contributed by atoms with Gasteiger partial charge in [0.2, 0.25) is 0 Å². The summed E-state index contributed by atoms with van der Waals surface area (Å²) < 4.78 is 3.67. The Morgan fingerprint density at radius 3 is 2.39 bits per heavy atom. The SMILES string of the molecule is Cc1cc(-c2ccc3c(=O)n(C)c4cc(C5CCCC5)nn4c3c2)cc(C)n1. The van der Waals surface area contributed by atoms with Crippen LogP contribution in [-0.4, -0.2) is 19.2 Å². The number of benzene rings is 1. The minimum absolute atomic E-state index is 0.0222. The van der Waals surface area contributed by atoms with Gasteiger partial charge in [0.05, 0.1) is 16.6 Å². The van der Waals surface area contributed by atoms with Gasteiger partial charge in [0.1, 0.15) is 5.65 Å². The molecule has 0 N–H and O–H groups in total. The van der Waals surface area contributed by atoms with Crippen LogP contribution in [0.4, 0.5) is 0 Å². The van der Waals surface area contributed by atoms with Crippen LogP contribution in [0.1, 0.15) is 48.7 Å². The highest BCUT2D eigenvalue weighted by Crippen LogP contribution is 2.34. The first-order valence-electron chi connectivity index (χ1n) is 9.99. The van der Waals surface area contributed by atoms with Gasteiger partial charge in [0, 0.05) is 30.4 Å². The van der Waals surface area contributed by atoms with Gasteiger partial charge in [-0.1, -0.05) is 18.9 Å². The molecule has 0 unspecified atom stereocenters. The normalized spacial score (nSPS) is 15.1. The highest BCUT2D eigenvalue weighted by atomic mass is 16.1. The zero-order valence-corrected chi connectivity index (χ0v) is 16.6. The molecular formula is C23H24N4O. The predicted octanol–water partition coefficient (Wildman–Crippen LogP) is 4.52. The van der Waals surface area contributed by atoms with Gasteiger partial charge in [-0.2, -0.15) is 5.10 Å². The monoisotopic (exact) mass is 372 g/mol. The summed E-state index contributed by atoms with van der Waals surface area (Å²) in [7, 11) is 1.83. The predicted molar refractivity (Wildman–Crippen MR) is 112 cm³/mol. The molecule has 0 spiro atoms. The molecule has 28 heavy (non-hydrogen) atoms. The Bertz CT molecular complexity index is 1260. The van der Waals surface area contributed by atoms with Crippen LogP contribution in [0.2, 0.25) is 0 Å². The molecule has 0 amide bonds. The lowest BCUT2D eigenvalue weighted by Gasteiger charge is -2.09. The molecule has 1 aromatic carbocycles. The van der Waals surface area contributed by atoms with Crippen LogP contribution in [0.3, 0.4) is 0 Å². The van der Waals surface area contributed by atoms with E-state index >= 15 is 0 Å². The minimum Gasteiger partial charge on any atom is -0.296 e. The smallest absolute Gasteiger partial charge is 0.261 e. The Morgan fingerprint density at radius 2 is 1.68 bits per heavy atom. The Morgan fingerprint density at radius 1 is 0.964 bits per heavy atom. The number of aromatic nitrogens is 4. The fourth-order valence-electron chi connectivity index (χ4n) is 4.58. The molecule has 5 nitrogen and oxygen atoms in total. The molecule has 1 aliphatic rings. The zero-order chi connectivity index (χ0) is 19.4. The van der Waals surface area contributed by atoms with E-state index in [2.05, 4.69) is 29.2 Å². The molecule has 0 aliphatic heterocycles. The van der Waals surface area contributed by atoms with Crippen molar-refractivity contribution in [3.63, 3.8) is 0 Å². The summed E-state index contributed by atoms with van der Waals surface area (Å²) in [5, 5.41) is 5.64. The van der Waals surface area contributed by atoms with Crippen LogP contribution in [0.25, 0.3) is 27.7 Å². The summed E-state index contributed by atoms with van der Waals surface area (Å²) in [6, 6.07) is 12.3. The van der Waals surface area contributed by atoms with E-state index in [4.69, 9.17) is 5.10 Å². The summed E-state index contributed by atoms with van der Waals surface area (Å²) in [4.78, 5) is 17.4. The standard InChI is InChI=1S/C23H24N4O/c1-14-10-18(11-15(2)24-14)17-8-9-19-21(12-17)27-22(26(3)23(19)28)13-20(25-27)16-6-4-5-7-16/h8-13,16H,4-7H2,1-3H3. The molecule has 0 bridgehead atoms. The highest BCUT2D eigenvalue weighted by Gasteiger charge is 2.21. The minimum atomic E-state index is 0.0222. The van der Waals surface area contributed by atoms with Gasteiger partial charge in [0.15, 0.2) is 0 Å². The van der Waals surface area contributed by atoms with E-state index in [1.807, 2.05) is 37.5 Å². The molecule has 3 heterocycles. The Hall–Kier alpha value is -2.95. The van der Waals surface area contributed by atoms with Gasteiger partial charge in [-0.3, -0.25) is 14.3 Å². The topological polar surface area (TPSA) is 52.2 Å². The molecule has 0 atom stereocenters. The van der Waals surface area contributed by atoms with Gasteiger partial charge < -0.3 is 0 Å². The number of pyridine rings is 1. The van der Waals surface area contributed by atoms with Crippen LogP contribution < -0.4 is 5.56 Å². The average molecular weight is 372 g/mol. The molecule has 5 heteroatoms. The Kier molecular flexibility index (Phi) is 3.86. The van der Waals surface area contributed by atoms with Crippen molar-refractivity contribution in [2.75, 3.05) is 0 Å². The van der Waals surface area contributed by atoms with Crippen LogP contribution >= 0.6 is 0 Å². The quantitative estimate of drug-likeness (QED) is 0.520. The van der Waals surface area contributed by atoms with Crippen molar-refractivity contribution in [1.82, 2.24) is 19.2 Å². The molecule has 4 aromatic rings. The second kappa shape index (κ2) is 6.30. The molecule has 142 valence electrons. The Balaban J connectivity index is 1.78. The summed E-state index contributed by atoms with van der Waals surface area (Å²) in [6.45, 7) is 4.01. The van der Waals surface area contributed by atoms with E-state index in [1.54, 1.807) is 4.57 Å². The van der Waals surface area contributed by atoms with Crippen molar-refractivity contribution in [3.05, 3.63) is 63.8 Å². The maximum absolute atomic E-state index is 12.9. The first-order valence-corrected chi connectivity index (χ1v) is 9.99. The number of nitrogens with zero attached hydrogens (tertiary/aromatic N) is 4. The first-order chi connectivity index (χ1) is 13.5. The van der Waals surface area contributed by atoms with Crippen LogP contribution in [0.15, 0.2) is 41.2 Å². The summed E-state index contributed by atoms with van der Waals surface area (Å²) in [5.74, 6) is 0.513. The molecule has 5 rings (SSSR count). The first kappa shape index (κ1) is 17.2. The third-order valence-electron chi connectivity index (χ3n) is 6.00. The van der Waals surface area contributed by atoms with E-state index in [1.165, 1.54) is 25.7 Å². The number of hydrogen-bond donors (Lipinski definition) is 0. The van der Waals surface area contributed by atoms with Crippen LogP contribution in [0.5, 0.6) is 0 Å². The fourth-order valence-corrected chi connectivity index (χ4v) is 4.58. The lowest BCUT2D eigenvalue weighted by molar-refractivity contribution is 0.686. The highest BCUT2D eigenvalue weighted by molar-refractivity contribution is 5.85. The second-order valence-corrected chi connectivity index (χ2v) is 8.06. The summed E-state index contributed by atoms with van der Waals surface area (Å²) in [5.41, 5.74) is 7.04. The third kappa shape index (κ3) is 2.65. The van der Waals surface area contributed by atoms with E-state index < -0.39 is 0 Å². The van der Waals surface area contributed by atoms with Gasteiger partial charge >= 0.3 is 0 Å². The number of rotatable bonds is 2. The van der Waals surface area contributed by atoms with Gasteiger partial charge in [0.25, 0.3) is 5.56 Å². The van der Waals surface area contributed by atoms with E-state index in [-0.39, 0.29) is 5.56 Å². The lowest BCUT2D eigenvalue weighted by atomic mass is 10.0. The fraction of sp³-hybridized carbons (Fsp3) is 0.348. The van der Waals surface area contributed by atoms with Crippen molar-refractivity contribution in [2.45, 2.75) is 45.4 Å². The van der Waals surface area contributed by atoms with Crippen molar-refractivity contribution < 1.29 is 0 Å². The van der Waals surface area contributed by atoms with E-state index in [9.17, 15) is 4.79 Å². The molecular weight excluding hydrogens is 348 g/mol. The zero-order valence-electron chi connectivity index (χ0n) is 16.6. The maximum atomic E-state index is 12.9. The lowest BCUT2D eigenvalue weighted by Crippen LogP contribution is -2.19. The maximum Gasteiger partial charge on any atom is 0.261 e. The number of fused-ring (bicyclic) bond motifs is 3. The van der Waals surface area contributed by atoms with Crippen molar-refractivity contribution in [3.8, 4) is 11.1 Å². The molecule has 1 saturated carbocycles. The largest absolute Gasteiger partial charge is 0.296 e. The van der Waals surface area contributed by atoms with E-state index in [0.29, 0.717) is 11.3 Å². The van der Waals surface area contributed by atoms with Gasteiger partial charge in [-0.25, -0.2) is 4.52 Å². The third-order valence-corrected chi connectivity index (χ3v) is 6.00. The van der Waals surface area contributed by atoms with Crippen LogP contribution in [0, 0.1) is 13.8 Å². The summed E-state index contributed by atoms with van der Waals surface area (Å²) >= 11 is 0. The molecule has 1 aliphatic carbocycles. The van der Waals surface area contributed by atoms with Crippen LogP contribution in [-0.2, 0) is 7.05 Å². The number of hydrogen-bond acceptors (Lipinski definition) is 3. The molecule has 0 saturated heterocycles. The van der Waals surface area contributed by atoms with Crippen molar-refractivity contribution in [1.29, 1.82) is 0 Å². The van der Waals surface area contributed by atoms with E-state index in [0.717, 1.165) is 39.4 Å². The number of aryl methyl sites for hydroxylation is 3. The average Bonchev–Trinajstić information content (AvgIpc) is 3.34. The molecule has 0 radical (unpaired) electrons.